The number of carbonyl (C=O) groups is 4. The van der Waals surface area contributed by atoms with Gasteiger partial charge in [-0.2, -0.15) is 0 Å². The van der Waals surface area contributed by atoms with E-state index in [0.717, 1.165) is 65.0 Å². The number of anilines is 2. The van der Waals surface area contributed by atoms with Crippen LogP contribution in [0.4, 0.5) is 21.0 Å². The first kappa shape index (κ1) is 68.5. The van der Waals surface area contributed by atoms with Crippen LogP contribution in [0.3, 0.4) is 0 Å². The molecule has 11 rings (SSSR count). The molecule has 1 aromatic heterocycles. The number of likely N-dealkylation sites (tertiary alicyclic amines) is 1. The number of fused-ring (bicyclic) bond motifs is 6. The molecule has 0 bridgehead atoms. The van der Waals surface area contributed by atoms with E-state index in [1.807, 2.05) is 147 Å². The van der Waals surface area contributed by atoms with Crippen molar-refractivity contribution in [3.8, 4) is 35.7 Å². The number of esters is 1. The molecule has 20 nitrogen and oxygen atoms in total. The third-order valence-corrected chi connectivity index (χ3v) is 23.4. The largest absolute Gasteiger partial charge is 0.508 e. The molecule has 97 heavy (non-hydrogen) atoms. The lowest BCUT2D eigenvalue weighted by Crippen LogP contribution is -2.67. The van der Waals surface area contributed by atoms with Crippen molar-refractivity contribution in [2.45, 2.75) is 108 Å². The van der Waals surface area contributed by atoms with E-state index in [0.29, 0.717) is 60.0 Å². The summed E-state index contributed by atoms with van der Waals surface area (Å²) >= 11 is 0. The lowest BCUT2D eigenvalue weighted by atomic mass is 9.77. The number of H-pyrrole nitrogens is 1. The van der Waals surface area contributed by atoms with Crippen molar-refractivity contribution in [3.63, 3.8) is 0 Å². The Morgan fingerprint density at radius 3 is 2.10 bits per heavy atom. The zero-order valence-electron chi connectivity index (χ0n) is 56.2. The van der Waals surface area contributed by atoms with E-state index >= 15 is 0 Å². The number of terminal acetylenes is 1. The van der Waals surface area contributed by atoms with Crippen LogP contribution >= 0.6 is 0 Å². The van der Waals surface area contributed by atoms with E-state index in [4.69, 9.17) is 39.3 Å². The zero-order valence-corrected chi connectivity index (χ0v) is 57.2. The second-order valence-electron chi connectivity index (χ2n) is 26.3. The van der Waals surface area contributed by atoms with Gasteiger partial charge in [0.25, 0.3) is 19.8 Å². The molecule has 4 aliphatic rings. The number of ether oxygens (including phenoxy) is 6. The highest BCUT2D eigenvalue weighted by molar-refractivity contribution is 6.99. The molecular weight excluding hydrogens is 1250 g/mol. The highest BCUT2D eigenvalue weighted by Gasteiger charge is 2.55. The smallest absolute Gasteiger partial charge is 0.456 e. The third-order valence-electron chi connectivity index (χ3n) is 18.4. The van der Waals surface area contributed by atoms with Crippen LogP contribution in [0.25, 0.3) is 0 Å². The summed E-state index contributed by atoms with van der Waals surface area (Å²) < 4.78 is 46.1. The lowest BCUT2D eigenvalue weighted by Gasteiger charge is -2.43. The van der Waals surface area contributed by atoms with Crippen LogP contribution in [0, 0.1) is 24.2 Å². The summed E-state index contributed by atoms with van der Waals surface area (Å²) in [5, 5.41) is 4.40. The predicted octanol–water partition coefficient (Wildman–Crippen LogP) is 9.68. The molecule has 2 saturated heterocycles. The van der Waals surface area contributed by atoms with Gasteiger partial charge in [0.2, 0.25) is 0 Å². The van der Waals surface area contributed by atoms with Crippen molar-refractivity contribution in [2.24, 2.45) is 0 Å². The summed E-state index contributed by atoms with van der Waals surface area (Å²) in [6.07, 6.45) is 6.82. The molecule has 0 radical (unpaired) electrons. The molecule has 0 saturated carbocycles. The maximum atomic E-state index is 14.2. The Labute approximate surface area is 566 Å². The Morgan fingerprint density at radius 1 is 0.804 bits per heavy atom. The minimum atomic E-state index is -3.22. The summed E-state index contributed by atoms with van der Waals surface area (Å²) in [6, 6.07) is 43.8. The predicted molar refractivity (Wildman–Crippen MR) is 372 cm³/mol. The van der Waals surface area contributed by atoms with Gasteiger partial charge >= 0.3 is 23.9 Å². The molecule has 2 fully saturated rings. The average molecular weight is 1330 g/mol. The summed E-state index contributed by atoms with van der Waals surface area (Å²) in [5.74, 6) is 8.27. The Balaban J connectivity index is 0.831. The van der Waals surface area contributed by atoms with E-state index in [1.165, 1.54) is 10.8 Å². The Bertz CT molecular complexity index is 4170. The molecular formula is C76H83N7O13Si. The fourth-order valence-corrected chi connectivity index (χ4v) is 18.0. The first-order valence-electron chi connectivity index (χ1n) is 33.0. The minimum absolute atomic E-state index is 0.0540. The minimum Gasteiger partial charge on any atom is -0.456 e. The lowest BCUT2D eigenvalue weighted by molar-refractivity contribution is -0.0554. The van der Waals surface area contributed by atoms with Gasteiger partial charge in [-0.05, 0) is 101 Å². The molecule has 2 amide bonds. The van der Waals surface area contributed by atoms with E-state index in [2.05, 4.69) is 78.0 Å². The SMILES string of the molecule is C#Cc1ccc(CN(CCOC(=O)O[C@H]2C[C@H](n3cc(C#CCNC(=O)c4ccc5c(c4)C4(OC5=O)c5ccc(N(C)C)cc5Oc5cc(N(C)C)ccc54)c(=O)[nH]c3=O)O[C@@H]2CO[Si](c2ccccc2)(c2ccccc2)C(C)(C)C)CC2CCCCN2C(=O)OCCCC)cc1. The second kappa shape index (κ2) is 29.6. The Kier molecular flexibility index (Phi) is 20.9. The standard InChI is InChI=1S/C76H83N7O13Si/c1-10-12-41-90-73(88)82-39-20-19-23-57(82)49-81(47-52-30-28-51(11-2)29-31-52)40-42-91-74(89)95-66-46-68(94-67(66)50-92-97(75(3,4)5,58-24-15-13-16-25-58)59-26-17-14-18-27-59)83-48-54(70(85)78-72(83)87)22-21-38-77-69(84)53-32-35-60-63(43-53)76(96-71(60)86)61-36-33-55(79(6)7)44-64(61)93-65-45-56(80(8)9)34-37-62(65)76/h2,13-18,24-37,43-45,48,57,66-68H,10,12,19-20,23,38-42,46-47,49-50H2,1,3-9H3,(H,77,84)(H,78,85,87)/t57?,66-,67+,68+/m0/s1. The fourth-order valence-electron chi connectivity index (χ4n) is 13.4. The normalized spacial score (nSPS) is 17.5. The number of hydrogen-bond acceptors (Lipinski definition) is 16. The van der Waals surface area contributed by atoms with Crippen molar-refractivity contribution in [1.82, 2.24) is 24.7 Å². The van der Waals surface area contributed by atoms with Crippen LogP contribution in [0.15, 0.2) is 155 Å². The van der Waals surface area contributed by atoms with Crippen LogP contribution in [0.5, 0.6) is 11.5 Å². The summed E-state index contributed by atoms with van der Waals surface area (Å²) in [6.45, 7) is 10.3. The van der Waals surface area contributed by atoms with Crippen LogP contribution in [-0.4, -0.2) is 144 Å². The van der Waals surface area contributed by atoms with E-state index in [-0.39, 0.29) is 56.0 Å². The molecule has 1 unspecified atom stereocenters. The first-order chi connectivity index (χ1) is 46.7. The summed E-state index contributed by atoms with van der Waals surface area (Å²) in [4.78, 5) is 93.3. The molecule has 4 aliphatic heterocycles. The van der Waals surface area contributed by atoms with Gasteiger partial charge in [0.1, 0.15) is 42.1 Å². The maximum absolute atomic E-state index is 14.2. The number of benzene rings is 6. The van der Waals surface area contributed by atoms with E-state index < -0.39 is 66.7 Å². The Hall–Kier alpha value is -9.90. The number of hydrogen-bond donors (Lipinski definition) is 2. The maximum Gasteiger partial charge on any atom is 0.508 e. The topological polar surface area (TPSA) is 213 Å². The number of carbonyl (C=O) groups excluding carboxylic acids is 4. The number of aromatic nitrogens is 2. The van der Waals surface area contributed by atoms with Crippen molar-refractivity contribution >= 4 is 54.2 Å². The van der Waals surface area contributed by atoms with E-state index in [9.17, 15) is 28.8 Å². The van der Waals surface area contributed by atoms with Gasteiger partial charge in [-0.1, -0.05) is 125 Å². The molecule has 504 valence electrons. The molecule has 6 aromatic carbocycles. The van der Waals surface area contributed by atoms with Crippen molar-refractivity contribution in [2.75, 3.05) is 84.0 Å². The molecule has 2 N–H and O–H groups in total. The number of nitrogens with zero attached hydrogens (tertiary/aromatic N) is 5. The highest BCUT2D eigenvalue weighted by atomic mass is 28.4. The van der Waals surface area contributed by atoms with Gasteiger partial charge in [0.15, 0.2) is 5.60 Å². The molecule has 7 aromatic rings. The van der Waals surface area contributed by atoms with Gasteiger partial charge in [-0.25, -0.2) is 19.2 Å². The molecule has 0 aliphatic carbocycles. The van der Waals surface area contributed by atoms with Crippen molar-refractivity contribution < 1.29 is 52.0 Å². The quantitative estimate of drug-likeness (QED) is 0.0225. The Morgan fingerprint density at radius 2 is 1.47 bits per heavy atom. The first-order valence-corrected chi connectivity index (χ1v) is 34.9. The molecule has 1 spiro atoms. The van der Waals surface area contributed by atoms with E-state index in [1.54, 1.807) is 18.2 Å². The highest BCUT2D eigenvalue weighted by Crippen LogP contribution is 2.57. The van der Waals surface area contributed by atoms with Crippen molar-refractivity contribution in [1.29, 1.82) is 0 Å². The zero-order chi connectivity index (χ0) is 68.6. The number of nitrogens with one attached hydrogen (secondary N) is 2. The van der Waals surface area contributed by atoms with Crippen molar-refractivity contribution in [3.05, 3.63) is 211 Å². The number of unbranched alkanes of at least 4 members (excludes halogenated alkanes) is 1. The number of rotatable bonds is 21. The van der Waals surface area contributed by atoms with Crippen LogP contribution < -0.4 is 41.5 Å². The number of aromatic amines is 1. The van der Waals surface area contributed by atoms with Crippen LogP contribution in [0.1, 0.15) is 127 Å². The van der Waals surface area contributed by atoms with Gasteiger partial charge < -0.3 is 52.9 Å². The molecule has 4 atom stereocenters. The van der Waals surface area contributed by atoms with Crippen LogP contribution in [0.2, 0.25) is 5.04 Å². The van der Waals surface area contributed by atoms with Gasteiger partial charge in [0, 0.05) is 124 Å². The summed E-state index contributed by atoms with van der Waals surface area (Å²) in [7, 11) is 4.46. The second-order valence-corrected chi connectivity index (χ2v) is 30.6. The summed E-state index contributed by atoms with van der Waals surface area (Å²) in [5.41, 5.74) is 2.49. The third kappa shape index (κ3) is 14.6. The number of piperidine rings is 1. The fraction of sp³-hybridized carbons (Fsp3) is 0.368. The average Bonchev–Trinajstić information content (AvgIpc) is 1.61. The van der Waals surface area contributed by atoms with Crippen LogP contribution in [-0.2, 0) is 40.3 Å². The van der Waals surface area contributed by atoms with Gasteiger partial charge in [0.05, 0.1) is 25.3 Å². The monoisotopic (exact) mass is 1330 g/mol. The van der Waals surface area contributed by atoms with Gasteiger partial charge in [-0.3, -0.25) is 24.0 Å². The molecule has 21 heteroatoms. The molecule has 5 heterocycles. The number of amides is 2. The van der Waals surface area contributed by atoms with Gasteiger partial charge in [-0.15, -0.1) is 6.42 Å².